The summed E-state index contributed by atoms with van der Waals surface area (Å²) < 4.78 is 6.43. The lowest BCUT2D eigenvalue weighted by Crippen LogP contribution is -2.39. The van der Waals surface area contributed by atoms with Crippen molar-refractivity contribution < 1.29 is 9.53 Å². The maximum atomic E-state index is 12.3. The van der Waals surface area contributed by atoms with Crippen LogP contribution in [0.4, 0.5) is 10.5 Å². The molecular weight excluding hydrogens is 310 g/mol. The molecule has 1 spiro atoms. The van der Waals surface area contributed by atoms with Gasteiger partial charge >= 0.3 is 6.03 Å². The maximum Gasteiger partial charge on any atom is 0.321 e. The van der Waals surface area contributed by atoms with Gasteiger partial charge in [-0.1, -0.05) is 0 Å². The second-order valence-corrected chi connectivity index (χ2v) is 6.21. The smallest absolute Gasteiger partial charge is 0.321 e. The number of halogens is 1. The van der Waals surface area contributed by atoms with Crippen LogP contribution in [-0.2, 0) is 4.74 Å². The van der Waals surface area contributed by atoms with Crippen LogP contribution in [0, 0.1) is 5.41 Å². The lowest BCUT2D eigenvalue weighted by atomic mass is 10.1. The highest BCUT2D eigenvalue weighted by atomic mass is 79.9. The third-order valence-electron chi connectivity index (χ3n) is 3.64. The van der Waals surface area contributed by atoms with Crippen molar-refractivity contribution in [3.8, 4) is 0 Å². The Morgan fingerprint density at radius 3 is 3.05 bits per heavy atom. The number of hydrogen-bond acceptors (Lipinski definition) is 3. The van der Waals surface area contributed by atoms with Crippen LogP contribution in [0.3, 0.4) is 0 Å². The Balaban J connectivity index is 1.66. The molecule has 6 heteroatoms. The average Bonchev–Trinajstić information content (AvgIpc) is 3.17. The summed E-state index contributed by atoms with van der Waals surface area (Å²) in [5, 5.41) is 2.88. The first-order valence-electron chi connectivity index (χ1n) is 6.41. The van der Waals surface area contributed by atoms with E-state index in [-0.39, 0.29) is 11.4 Å². The Labute approximate surface area is 120 Å². The Kier molecular flexibility index (Phi) is 3.45. The molecule has 1 saturated heterocycles. The number of urea groups is 1. The largest absolute Gasteiger partial charge is 0.379 e. The van der Waals surface area contributed by atoms with Gasteiger partial charge in [0.2, 0.25) is 0 Å². The lowest BCUT2D eigenvalue weighted by molar-refractivity contribution is 0.115. The number of hydrogen-bond donors (Lipinski definition) is 1. The highest BCUT2D eigenvalue weighted by molar-refractivity contribution is 9.10. The molecule has 19 heavy (non-hydrogen) atoms. The number of ether oxygens (including phenoxy) is 1. The zero-order chi connectivity index (χ0) is 13.3. The molecular formula is C13H16BrN3O2. The maximum absolute atomic E-state index is 12.3. The summed E-state index contributed by atoms with van der Waals surface area (Å²) in [6, 6.07) is 1.77. The molecule has 5 nitrogen and oxygen atoms in total. The van der Waals surface area contributed by atoms with Crippen LogP contribution in [0.5, 0.6) is 0 Å². The second-order valence-electron chi connectivity index (χ2n) is 5.30. The summed E-state index contributed by atoms with van der Waals surface area (Å²) in [6.07, 6.45) is 5.66. The Hall–Kier alpha value is -1.14. The summed E-state index contributed by atoms with van der Waals surface area (Å²) >= 11 is 3.34. The number of amides is 2. The summed E-state index contributed by atoms with van der Waals surface area (Å²) in [7, 11) is 0. The van der Waals surface area contributed by atoms with E-state index in [1.54, 1.807) is 12.4 Å². The highest BCUT2D eigenvalue weighted by Crippen LogP contribution is 2.47. The molecule has 2 fully saturated rings. The number of nitrogens with one attached hydrogen (secondary N) is 1. The quantitative estimate of drug-likeness (QED) is 0.863. The molecule has 1 aliphatic carbocycles. The number of carbonyl (C=O) groups is 1. The van der Waals surface area contributed by atoms with Crippen LogP contribution >= 0.6 is 15.9 Å². The number of pyridine rings is 1. The molecule has 1 saturated carbocycles. The van der Waals surface area contributed by atoms with Crippen molar-refractivity contribution in [1.29, 1.82) is 0 Å². The molecule has 0 unspecified atom stereocenters. The van der Waals surface area contributed by atoms with E-state index < -0.39 is 0 Å². The zero-order valence-corrected chi connectivity index (χ0v) is 12.1. The minimum Gasteiger partial charge on any atom is -0.379 e. The molecule has 0 aromatic carbocycles. The van der Waals surface area contributed by atoms with Crippen LogP contribution in [0.25, 0.3) is 0 Å². The third kappa shape index (κ3) is 3.06. The van der Waals surface area contributed by atoms with Crippen molar-refractivity contribution in [2.75, 3.05) is 31.6 Å². The first-order chi connectivity index (χ1) is 9.17. The van der Waals surface area contributed by atoms with Gasteiger partial charge in [0.05, 0.1) is 25.1 Å². The normalized spacial score (nSPS) is 21.0. The summed E-state index contributed by atoms with van der Waals surface area (Å²) in [5.74, 6) is 0. The van der Waals surface area contributed by atoms with E-state index in [2.05, 4.69) is 26.2 Å². The van der Waals surface area contributed by atoms with E-state index in [9.17, 15) is 4.79 Å². The molecule has 1 aliphatic heterocycles. The summed E-state index contributed by atoms with van der Waals surface area (Å²) in [4.78, 5) is 18.1. The first-order valence-corrected chi connectivity index (χ1v) is 7.20. The monoisotopic (exact) mass is 325 g/mol. The van der Waals surface area contributed by atoms with Crippen LogP contribution in [0.1, 0.15) is 12.8 Å². The molecule has 102 valence electrons. The molecule has 3 rings (SSSR count). The van der Waals surface area contributed by atoms with Crippen LogP contribution < -0.4 is 5.32 Å². The van der Waals surface area contributed by atoms with Crippen molar-refractivity contribution in [1.82, 2.24) is 9.88 Å². The highest BCUT2D eigenvalue weighted by Gasteiger charge is 2.46. The van der Waals surface area contributed by atoms with Gasteiger partial charge in [0.15, 0.2) is 0 Å². The predicted octanol–water partition coefficient (Wildman–Crippen LogP) is 2.49. The third-order valence-corrected chi connectivity index (χ3v) is 4.07. The van der Waals surface area contributed by atoms with E-state index >= 15 is 0 Å². The topological polar surface area (TPSA) is 54.5 Å². The van der Waals surface area contributed by atoms with Crippen molar-refractivity contribution in [2.24, 2.45) is 5.41 Å². The van der Waals surface area contributed by atoms with E-state index in [4.69, 9.17) is 4.74 Å². The molecule has 0 atom stereocenters. The number of aromatic nitrogens is 1. The fourth-order valence-electron chi connectivity index (χ4n) is 2.33. The van der Waals surface area contributed by atoms with Crippen LogP contribution in [0.15, 0.2) is 22.9 Å². The van der Waals surface area contributed by atoms with Crippen molar-refractivity contribution >= 4 is 27.6 Å². The van der Waals surface area contributed by atoms with Crippen molar-refractivity contribution in [3.05, 3.63) is 22.9 Å². The molecule has 1 N–H and O–H groups in total. The van der Waals surface area contributed by atoms with E-state index in [0.29, 0.717) is 18.8 Å². The van der Waals surface area contributed by atoms with Gasteiger partial charge in [-0.2, -0.15) is 0 Å². The fraction of sp³-hybridized carbons (Fsp3) is 0.538. The minimum atomic E-state index is -0.0725. The van der Waals surface area contributed by atoms with Gasteiger partial charge in [-0.05, 0) is 34.8 Å². The van der Waals surface area contributed by atoms with Gasteiger partial charge in [0.25, 0.3) is 0 Å². The first kappa shape index (κ1) is 12.9. The lowest BCUT2D eigenvalue weighted by Gasteiger charge is -2.23. The van der Waals surface area contributed by atoms with Gasteiger partial charge in [0, 0.05) is 29.2 Å². The molecule has 1 aromatic rings. The van der Waals surface area contributed by atoms with Gasteiger partial charge in [-0.3, -0.25) is 4.98 Å². The summed E-state index contributed by atoms with van der Waals surface area (Å²) in [6.45, 7) is 2.84. The van der Waals surface area contributed by atoms with Crippen LogP contribution in [-0.4, -0.2) is 42.2 Å². The van der Waals surface area contributed by atoms with E-state index in [0.717, 1.165) is 30.5 Å². The number of nitrogens with zero attached hydrogens (tertiary/aromatic N) is 2. The van der Waals surface area contributed by atoms with Gasteiger partial charge in [-0.25, -0.2) is 4.79 Å². The molecule has 0 bridgehead atoms. The molecule has 1 aromatic heterocycles. The Morgan fingerprint density at radius 2 is 2.32 bits per heavy atom. The Morgan fingerprint density at radius 1 is 1.47 bits per heavy atom. The molecule has 0 radical (unpaired) electrons. The number of carbonyl (C=O) groups excluding carboxylic acids is 1. The molecule has 2 amide bonds. The molecule has 2 aliphatic rings. The average molecular weight is 326 g/mol. The van der Waals surface area contributed by atoms with Gasteiger partial charge in [0.1, 0.15) is 0 Å². The standard InChI is InChI=1S/C13H16BrN3O2/c14-10-5-11(7-15-6-10)16-12(18)17-3-4-19-9-13(8-17)1-2-13/h5-7H,1-4,8-9H2,(H,16,18). The summed E-state index contributed by atoms with van der Waals surface area (Å²) in [5.41, 5.74) is 0.929. The number of anilines is 1. The zero-order valence-electron chi connectivity index (χ0n) is 10.6. The van der Waals surface area contributed by atoms with Gasteiger partial charge in [-0.15, -0.1) is 0 Å². The number of rotatable bonds is 1. The fourth-order valence-corrected chi connectivity index (χ4v) is 2.69. The SMILES string of the molecule is O=C(Nc1cncc(Br)c1)N1CCOCC2(CC2)C1. The van der Waals surface area contributed by atoms with Crippen LogP contribution in [0.2, 0.25) is 0 Å². The Bertz CT molecular complexity index is 491. The van der Waals surface area contributed by atoms with E-state index in [1.165, 1.54) is 0 Å². The predicted molar refractivity (Wildman–Crippen MR) is 75.0 cm³/mol. The second kappa shape index (κ2) is 5.09. The minimum absolute atomic E-state index is 0.0725. The van der Waals surface area contributed by atoms with Crippen molar-refractivity contribution in [3.63, 3.8) is 0 Å². The van der Waals surface area contributed by atoms with Gasteiger partial charge < -0.3 is 15.0 Å². The van der Waals surface area contributed by atoms with Crippen molar-refractivity contribution in [2.45, 2.75) is 12.8 Å². The van der Waals surface area contributed by atoms with E-state index in [1.807, 2.05) is 11.0 Å². The molecule has 2 heterocycles.